The second-order valence-electron chi connectivity index (χ2n) is 5.20. The van der Waals surface area contributed by atoms with E-state index >= 15 is 0 Å². The van der Waals surface area contributed by atoms with Gasteiger partial charge in [0.1, 0.15) is 11.5 Å². The third kappa shape index (κ3) is 3.05. The monoisotopic (exact) mass is 306 g/mol. The molecule has 112 valence electrons. The zero-order valence-electron chi connectivity index (χ0n) is 12.1. The predicted octanol–water partition coefficient (Wildman–Crippen LogP) is 0.979. The fraction of sp³-hybridized carbons (Fsp3) is 0.538. The zero-order chi connectivity index (χ0) is 14.8. The molecule has 1 fully saturated rings. The number of nitrogens with one attached hydrogen (secondary N) is 1. The SMILES string of the molecule is Cc1nsc(N2CCC(NC(=O)c3ccnn3C)CC2)n1. The van der Waals surface area contributed by atoms with E-state index in [9.17, 15) is 4.79 Å². The van der Waals surface area contributed by atoms with Crippen LogP contribution < -0.4 is 10.2 Å². The van der Waals surface area contributed by atoms with Crippen molar-refractivity contribution in [3.63, 3.8) is 0 Å². The minimum Gasteiger partial charge on any atom is -0.348 e. The first-order valence-electron chi connectivity index (χ1n) is 6.97. The van der Waals surface area contributed by atoms with Crippen molar-refractivity contribution in [2.45, 2.75) is 25.8 Å². The molecule has 1 amide bonds. The van der Waals surface area contributed by atoms with E-state index in [1.54, 1.807) is 24.0 Å². The van der Waals surface area contributed by atoms with Crippen LogP contribution in [0.5, 0.6) is 0 Å². The van der Waals surface area contributed by atoms with Gasteiger partial charge in [-0.05, 0) is 25.8 Å². The number of anilines is 1. The van der Waals surface area contributed by atoms with Crippen molar-refractivity contribution in [2.75, 3.05) is 18.0 Å². The first-order valence-corrected chi connectivity index (χ1v) is 7.75. The second kappa shape index (κ2) is 5.80. The molecule has 0 aliphatic carbocycles. The van der Waals surface area contributed by atoms with Gasteiger partial charge in [-0.1, -0.05) is 0 Å². The van der Waals surface area contributed by atoms with E-state index in [-0.39, 0.29) is 11.9 Å². The Balaban J connectivity index is 1.54. The van der Waals surface area contributed by atoms with E-state index in [0.29, 0.717) is 5.69 Å². The van der Waals surface area contributed by atoms with Crippen molar-refractivity contribution in [2.24, 2.45) is 7.05 Å². The number of carbonyl (C=O) groups is 1. The summed E-state index contributed by atoms with van der Waals surface area (Å²) >= 11 is 1.44. The molecule has 21 heavy (non-hydrogen) atoms. The molecule has 1 N–H and O–H groups in total. The van der Waals surface area contributed by atoms with E-state index in [1.807, 2.05) is 6.92 Å². The lowest BCUT2D eigenvalue weighted by Crippen LogP contribution is -2.45. The highest BCUT2D eigenvalue weighted by atomic mass is 32.1. The van der Waals surface area contributed by atoms with Gasteiger partial charge >= 0.3 is 0 Å². The van der Waals surface area contributed by atoms with Gasteiger partial charge in [-0.3, -0.25) is 9.48 Å². The third-order valence-electron chi connectivity index (χ3n) is 3.67. The topological polar surface area (TPSA) is 75.9 Å². The van der Waals surface area contributed by atoms with E-state index < -0.39 is 0 Å². The Morgan fingerprint density at radius 1 is 1.43 bits per heavy atom. The Labute approximate surface area is 127 Å². The molecule has 8 heteroatoms. The maximum absolute atomic E-state index is 12.1. The quantitative estimate of drug-likeness (QED) is 0.915. The summed E-state index contributed by atoms with van der Waals surface area (Å²) in [6.07, 6.45) is 3.47. The van der Waals surface area contributed by atoms with E-state index in [0.717, 1.165) is 36.9 Å². The Kier molecular flexibility index (Phi) is 3.87. The number of amides is 1. The van der Waals surface area contributed by atoms with Crippen molar-refractivity contribution < 1.29 is 4.79 Å². The summed E-state index contributed by atoms with van der Waals surface area (Å²) in [6.45, 7) is 3.69. The maximum atomic E-state index is 12.1. The van der Waals surface area contributed by atoms with Crippen LogP contribution in [0.15, 0.2) is 12.3 Å². The highest BCUT2D eigenvalue weighted by Gasteiger charge is 2.23. The molecule has 0 aromatic carbocycles. The molecular weight excluding hydrogens is 288 g/mol. The molecule has 2 aromatic heterocycles. The molecule has 0 spiro atoms. The van der Waals surface area contributed by atoms with Crippen molar-refractivity contribution in [3.8, 4) is 0 Å². The Bertz CT molecular complexity index is 628. The van der Waals surface area contributed by atoms with Gasteiger partial charge in [0.25, 0.3) is 5.91 Å². The summed E-state index contributed by atoms with van der Waals surface area (Å²) in [5.41, 5.74) is 0.595. The van der Waals surface area contributed by atoms with E-state index in [4.69, 9.17) is 0 Å². The predicted molar refractivity (Wildman–Crippen MR) is 80.6 cm³/mol. The largest absolute Gasteiger partial charge is 0.348 e. The van der Waals surface area contributed by atoms with Gasteiger partial charge in [-0.15, -0.1) is 0 Å². The van der Waals surface area contributed by atoms with Crippen LogP contribution in [-0.2, 0) is 7.05 Å². The third-order valence-corrected chi connectivity index (χ3v) is 4.54. The van der Waals surface area contributed by atoms with Crippen molar-refractivity contribution in [3.05, 3.63) is 23.8 Å². The summed E-state index contributed by atoms with van der Waals surface area (Å²) in [7, 11) is 1.77. The number of hydrogen-bond donors (Lipinski definition) is 1. The van der Waals surface area contributed by atoms with Gasteiger partial charge in [-0.2, -0.15) is 9.47 Å². The molecule has 3 rings (SSSR count). The number of aromatic nitrogens is 4. The fourth-order valence-electron chi connectivity index (χ4n) is 2.49. The van der Waals surface area contributed by atoms with Gasteiger partial charge in [0.2, 0.25) is 5.13 Å². The minimum absolute atomic E-state index is 0.0554. The highest BCUT2D eigenvalue weighted by molar-refractivity contribution is 7.09. The molecule has 0 unspecified atom stereocenters. The maximum Gasteiger partial charge on any atom is 0.269 e. The molecule has 0 atom stereocenters. The normalized spacial score (nSPS) is 16.2. The highest BCUT2D eigenvalue weighted by Crippen LogP contribution is 2.21. The van der Waals surface area contributed by atoms with Crippen molar-refractivity contribution >= 4 is 22.6 Å². The summed E-state index contributed by atoms with van der Waals surface area (Å²) in [5.74, 6) is 0.766. The molecule has 0 saturated carbocycles. The minimum atomic E-state index is -0.0554. The average Bonchev–Trinajstić information content (AvgIpc) is 3.08. The molecule has 1 saturated heterocycles. The number of nitrogens with zero attached hydrogens (tertiary/aromatic N) is 5. The van der Waals surface area contributed by atoms with Crippen LogP contribution in [0.25, 0.3) is 0 Å². The van der Waals surface area contributed by atoms with Crippen LogP contribution in [0.2, 0.25) is 0 Å². The van der Waals surface area contributed by atoms with Crippen LogP contribution >= 0.6 is 11.5 Å². The summed E-state index contributed by atoms with van der Waals surface area (Å²) < 4.78 is 5.80. The number of piperidine rings is 1. The number of carbonyl (C=O) groups excluding carboxylic acids is 1. The standard InChI is InChI=1S/C13H18N6OS/c1-9-15-13(21-17-9)19-7-4-10(5-8-19)16-12(20)11-3-6-14-18(11)2/h3,6,10H,4-5,7-8H2,1-2H3,(H,16,20). The number of hydrogen-bond acceptors (Lipinski definition) is 6. The van der Waals surface area contributed by atoms with Gasteiger partial charge in [0.15, 0.2) is 0 Å². The lowest BCUT2D eigenvalue weighted by atomic mass is 10.1. The summed E-state index contributed by atoms with van der Waals surface area (Å²) in [4.78, 5) is 18.8. The summed E-state index contributed by atoms with van der Waals surface area (Å²) in [5, 5.41) is 8.07. The fourth-order valence-corrected chi connectivity index (χ4v) is 3.21. The van der Waals surface area contributed by atoms with E-state index in [1.165, 1.54) is 11.5 Å². The lowest BCUT2D eigenvalue weighted by molar-refractivity contribution is 0.0921. The molecule has 3 heterocycles. The Hall–Kier alpha value is -1.96. The molecule has 1 aliphatic rings. The second-order valence-corrected chi connectivity index (χ2v) is 5.93. The first-order chi connectivity index (χ1) is 10.1. The van der Waals surface area contributed by atoms with Crippen LogP contribution in [0.3, 0.4) is 0 Å². The molecule has 1 aliphatic heterocycles. The average molecular weight is 306 g/mol. The molecule has 0 bridgehead atoms. The molecular formula is C13H18N6OS. The van der Waals surface area contributed by atoms with Gasteiger partial charge in [-0.25, -0.2) is 4.98 Å². The number of rotatable bonds is 3. The van der Waals surface area contributed by atoms with Gasteiger partial charge in [0.05, 0.1) is 0 Å². The lowest BCUT2D eigenvalue weighted by Gasteiger charge is -2.31. The van der Waals surface area contributed by atoms with E-state index in [2.05, 4.69) is 24.7 Å². The first kappa shape index (κ1) is 14.0. The van der Waals surface area contributed by atoms with Gasteiger partial charge in [0, 0.05) is 43.9 Å². The zero-order valence-corrected chi connectivity index (χ0v) is 12.9. The van der Waals surface area contributed by atoms with Crippen molar-refractivity contribution in [1.82, 2.24) is 24.5 Å². The van der Waals surface area contributed by atoms with Crippen LogP contribution in [0.1, 0.15) is 29.2 Å². The Morgan fingerprint density at radius 3 is 2.76 bits per heavy atom. The Morgan fingerprint density at radius 2 is 2.19 bits per heavy atom. The van der Waals surface area contributed by atoms with Crippen LogP contribution in [-0.4, -0.2) is 44.2 Å². The smallest absolute Gasteiger partial charge is 0.269 e. The number of aryl methyl sites for hydroxylation is 2. The van der Waals surface area contributed by atoms with Crippen LogP contribution in [0.4, 0.5) is 5.13 Å². The van der Waals surface area contributed by atoms with Crippen LogP contribution in [0, 0.1) is 6.92 Å². The molecule has 2 aromatic rings. The summed E-state index contributed by atoms with van der Waals surface area (Å²) in [6, 6.07) is 1.94. The van der Waals surface area contributed by atoms with Crippen molar-refractivity contribution in [1.29, 1.82) is 0 Å². The molecule has 7 nitrogen and oxygen atoms in total. The van der Waals surface area contributed by atoms with Gasteiger partial charge < -0.3 is 10.2 Å². The molecule has 0 radical (unpaired) electrons.